The lowest BCUT2D eigenvalue weighted by atomic mass is 10.0. The fraction of sp³-hybridized carbons (Fsp3) is 0.538. The van der Waals surface area contributed by atoms with Gasteiger partial charge in [-0.3, -0.25) is 0 Å². The molecule has 7 heteroatoms. The summed E-state index contributed by atoms with van der Waals surface area (Å²) in [6.07, 6.45) is 4.26. The third kappa shape index (κ3) is 3.32. The van der Waals surface area contributed by atoms with E-state index >= 15 is 0 Å². The normalized spacial score (nSPS) is 18.4. The molecule has 1 aromatic carbocycles. The summed E-state index contributed by atoms with van der Waals surface area (Å²) in [6, 6.07) is 2.01. The van der Waals surface area contributed by atoms with Gasteiger partial charge in [0.15, 0.2) is 0 Å². The lowest BCUT2D eigenvalue weighted by Crippen LogP contribution is -2.37. The van der Waals surface area contributed by atoms with Crippen LogP contribution in [0.5, 0.6) is 0 Å². The highest BCUT2D eigenvalue weighted by atomic mass is 79.9. The second kappa shape index (κ2) is 5.99. The quantitative estimate of drug-likeness (QED) is 0.806. The van der Waals surface area contributed by atoms with Gasteiger partial charge in [0, 0.05) is 16.2 Å². The van der Waals surface area contributed by atoms with E-state index in [1.807, 2.05) is 6.92 Å². The van der Waals surface area contributed by atoms with Crippen LogP contribution in [0.1, 0.15) is 32.6 Å². The minimum atomic E-state index is -3.89. The highest BCUT2D eigenvalue weighted by molar-refractivity contribution is 9.10. The number of hydrogen-bond donors (Lipinski definition) is 2. The SMILES string of the molecule is CC(NS(=O)(=O)c1cc(N)c(Br)cc1F)C1CCCC1. The first-order valence-corrected chi connectivity index (χ1v) is 8.85. The molecule has 112 valence electrons. The van der Waals surface area contributed by atoms with Gasteiger partial charge < -0.3 is 5.73 Å². The van der Waals surface area contributed by atoms with Crippen molar-refractivity contribution in [1.82, 2.24) is 4.72 Å². The molecule has 0 aliphatic heterocycles. The summed E-state index contributed by atoms with van der Waals surface area (Å²) in [4.78, 5) is -0.400. The maximum Gasteiger partial charge on any atom is 0.243 e. The summed E-state index contributed by atoms with van der Waals surface area (Å²) in [5.41, 5.74) is 5.83. The third-order valence-corrected chi connectivity index (χ3v) is 6.05. The Morgan fingerprint density at radius 3 is 2.60 bits per heavy atom. The van der Waals surface area contributed by atoms with E-state index in [1.165, 1.54) is 0 Å². The Labute approximate surface area is 127 Å². The Kier molecular flexibility index (Phi) is 4.71. The molecule has 1 aliphatic rings. The molecule has 0 saturated heterocycles. The largest absolute Gasteiger partial charge is 0.398 e. The van der Waals surface area contributed by atoms with Gasteiger partial charge in [-0.2, -0.15) is 0 Å². The molecule has 0 heterocycles. The van der Waals surface area contributed by atoms with Gasteiger partial charge in [0.1, 0.15) is 10.7 Å². The zero-order valence-corrected chi connectivity index (χ0v) is 13.6. The molecule has 0 bridgehead atoms. The van der Waals surface area contributed by atoms with Crippen LogP contribution in [-0.2, 0) is 10.0 Å². The Bertz CT molecular complexity index is 601. The number of nitrogens with one attached hydrogen (secondary N) is 1. The predicted molar refractivity (Wildman–Crippen MR) is 80.3 cm³/mol. The van der Waals surface area contributed by atoms with Crippen molar-refractivity contribution in [3.8, 4) is 0 Å². The molecule has 1 saturated carbocycles. The molecule has 20 heavy (non-hydrogen) atoms. The molecule has 4 nitrogen and oxygen atoms in total. The summed E-state index contributed by atoms with van der Waals surface area (Å²) in [5.74, 6) is -0.488. The first-order chi connectivity index (χ1) is 9.31. The summed E-state index contributed by atoms with van der Waals surface area (Å²) in [6.45, 7) is 1.83. The van der Waals surface area contributed by atoms with Crippen LogP contribution >= 0.6 is 15.9 Å². The van der Waals surface area contributed by atoms with Crippen LogP contribution in [-0.4, -0.2) is 14.5 Å². The van der Waals surface area contributed by atoms with Crippen molar-refractivity contribution < 1.29 is 12.8 Å². The van der Waals surface area contributed by atoms with Gasteiger partial charge in [0.25, 0.3) is 0 Å². The predicted octanol–water partition coefficient (Wildman–Crippen LogP) is 3.03. The summed E-state index contributed by atoms with van der Waals surface area (Å²) < 4.78 is 41.3. The van der Waals surface area contributed by atoms with Gasteiger partial charge in [-0.25, -0.2) is 17.5 Å². The van der Waals surface area contributed by atoms with Gasteiger partial charge in [0.05, 0.1) is 0 Å². The molecular formula is C13H18BrFN2O2S. The minimum Gasteiger partial charge on any atom is -0.398 e. The average molecular weight is 365 g/mol. The molecule has 2 rings (SSSR count). The van der Waals surface area contributed by atoms with Crippen molar-refractivity contribution >= 4 is 31.6 Å². The monoisotopic (exact) mass is 364 g/mol. The van der Waals surface area contributed by atoms with Crippen LogP contribution in [0.3, 0.4) is 0 Å². The number of halogens is 2. The van der Waals surface area contributed by atoms with Crippen molar-refractivity contribution in [2.45, 2.75) is 43.5 Å². The number of nitrogen functional groups attached to an aromatic ring is 1. The van der Waals surface area contributed by atoms with Gasteiger partial charge in [0.2, 0.25) is 10.0 Å². The molecule has 1 aliphatic carbocycles. The molecular weight excluding hydrogens is 347 g/mol. The van der Waals surface area contributed by atoms with Gasteiger partial charge >= 0.3 is 0 Å². The standard InChI is InChI=1S/C13H18BrFN2O2S/c1-8(9-4-2-3-5-9)17-20(18,19)13-7-12(16)10(14)6-11(13)15/h6-9,17H,2-5,16H2,1H3. The number of rotatable bonds is 4. The number of anilines is 1. The maximum absolute atomic E-state index is 13.8. The van der Waals surface area contributed by atoms with E-state index in [4.69, 9.17) is 5.73 Å². The van der Waals surface area contributed by atoms with Crippen LogP contribution in [0.4, 0.5) is 10.1 Å². The fourth-order valence-electron chi connectivity index (χ4n) is 2.61. The van der Waals surface area contributed by atoms with E-state index in [0.717, 1.165) is 37.8 Å². The number of sulfonamides is 1. The first-order valence-electron chi connectivity index (χ1n) is 6.58. The minimum absolute atomic E-state index is 0.195. The lowest BCUT2D eigenvalue weighted by Gasteiger charge is -2.20. The number of nitrogens with two attached hydrogens (primary N) is 1. The Hall–Kier alpha value is -0.660. The van der Waals surface area contributed by atoms with E-state index < -0.39 is 20.7 Å². The fourth-order valence-corrected chi connectivity index (χ4v) is 4.33. The summed E-state index contributed by atoms with van der Waals surface area (Å²) >= 11 is 3.07. The lowest BCUT2D eigenvalue weighted by molar-refractivity contribution is 0.423. The van der Waals surface area contributed by atoms with Gasteiger partial charge in [-0.05, 0) is 53.7 Å². The topological polar surface area (TPSA) is 72.2 Å². The second-order valence-corrected chi connectivity index (χ2v) is 7.80. The van der Waals surface area contributed by atoms with Crippen molar-refractivity contribution in [3.05, 3.63) is 22.4 Å². The average Bonchev–Trinajstić information content (AvgIpc) is 2.86. The van der Waals surface area contributed by atoms with Crippen LogP contribution < -0.4 is 10.5 Å². The van der Waals surface area contributed by atoms with Gasteiger partial charge in [-0.1, -0.05) is 12.8 Å². The first kappa shape index (κ1) is 15.7. The van der Waals surface area contributed by atoms with E-state index in [9.17, 15) is 12.8 Å². The van der Waals surface area contributed by atoms with Crippen LogP contribution in [0.25, 0.3) is 0 Å². The molecule has 0 aromatic heterocycles. The molecule has 1 fully saturated rings. The smallest absolute Gasteiger partial charge is 0.243 e. The Morgan fingerprint density at radius 2 is 2.00 bits per heavy atom. The molecule has 1 aromatic rings. The molecule has 3 N–H and O–H groups in total. The Balaban J connectivity index is 2.24. The van der Waals surface area contributed by atoms with E-state index in [1.54, 1.807) is 0 Å². The zero-order chi connectivity index (χ0) is 14.9. The third-order valence-electron chi connectivity index (χ3n) is 3.79. The zero-order valence-electron chi connectivity index (χ0n) is 11.2. The summed E-state index contributed by atoms with van der Waals surface area (Å²) in [5, 5.41) is 0. The highest BCUT2D eigenvalue weighted by Gasteiger charge is 2.28. The van der Waals surface area contributed by atoms with Crippen molar-refractivity contribution in [2.24, 2.45) is 5.92 Å². The van der Waals surface area contributed by atoms with Crippen molar-refractivity contribution in [1.29, 1.82) is 0 Å². The van der Waals surface area contributed by atoms with Crippen molar-refractivity contribution in [2.75, 3.05) is 5.73 Å². The molecule has 0 radical (unpaired) electrons. The molecule has 1 unspecified atom stereocenters. The van der Waals surface area contributed by atoms with Gasteiger partial charge in [-0.15, -0.1) is 0 Å². The molecule has 0 spiro atoms. The molecule has 1 atom stereocenters. The molecule has 0 amide bonds. The van der Waals surface area contributed by atoms with E-state index in [2.05, 4.69) is 20.7 Å². The van der Waals surface area contributed by atoms with Crippen LogP contribution in [0.15, 0.2) is 21.5 Å². The van der Waals surface area contributed by atoms with E-state index in [0.29, 0.717) is 10.4 Å². The number of hydrogen-bond acceptors (Lipinski definition) is 3. The second-order valence-electron chi connectivity index (χ2n) is 5.26. The number of benzene rings is 1. The maximum atomic E-state index is 13.8. The Morgan fingerprint density at radius 1 is 1.40 bits per heavy atom. The van der Waals surface area contributed by atoms with Crippen molar-refractivity contribution in [3.63, 3.8) is 0 Å². The van der Waals surface area contributed by atoms with E-state index in [-0.39, 0.29) is 11.7 Å². The highest BCUT2D eigenvalue weighted by Crippen LogP contribution is 2.30. The van der Waals surface area contributed by atoms with Crippen LogP contribution in [0.2, 0.25) is 0 Å². The van der Waals surface area contributed by atoms with Crippen LogP contribution in [0, 0.1) is 11.7 Å². The summed E-state index contributed by atoms with van der Waals surface area (Å²) in [7, 11) is -3.89.